The molecule has 2 amide bonds. The molecule has 1 aliphatic rings. The zero-order valence-electron chi connectivity index (χ0n) is 16.6. The third kappa shape index (κ3) is 3.61. The Morgan fingerprint density at radius 3 is 2.63 bits per heavy atom. The zero-order valence-corrected chi connectivity index (χ0v) is 16.6. The molecule has 0 bridgehead atoms. The van der Waals surface area contributed by atoms with Crippen LogP contribution in [0.25, 0.3) is 0 Å². The molecule has 1 N–H and O–H groups in total. The number of aromatic nitrogens is 2. The third-order valence-corrected chi connectivity index (χ3v) is 5.36. The number of nitrogens with zero attached hydrogens (tertiary/aromatic N) is 3. The maximum Gasteiger partial charge on any atom is 0.243 e. The van der Waals surface area contributed by atoms with E-state index in [1.54, 1.807) is 4.90 Å². The zero-order chi connectivity index (χ0) is 19.6. The molecule has 1 unspecified atom stereocenters. The van der Waals surface area contributed by atoms with Gasteiger partial charge in [-0.25, -0.2) is 0 Å². The van der Waals surface area contributed by atoms with E-state index >= 15 is 0 Å². The number of carbonyl (C=O) groups excluding carboxylic acids is 2. The second-order valence-electron chi connectivity index (χ2n) is 6.97. The molecule has 1 aromatic heterocycles. The van der Waals surface area contributed by atoms with E-state index in [2.05, 4.69) is 24.3 Å². The van der Waals surface area contributed by atoms with Crippen molar-refractivity contribution in [2.45, 2.75) is 59.5 Å². The molecule has 0 spiro atoms. The summed E-state index contributed by atoms with van der Waals surface area (Å²) in [5.74, 6) is -0.109. The standard InChI is InChI=1S/C21H28N4O2/c1-5-20(26)25-18-10-8-7-9-16(18)13-19(25)21(27)22-12-11-17-14(3)23-24(6-2)15(17)4/h7-10,19H,5-6,11-13H2,1-4H3,(H,22,27). The number of hydrogen-bond acceptors (Lipinski definition) is 3. The molecular weight excluding hydrogens is 340 g/mol. The monoisotopic (exact) mass is 368 g/mol. The molecule has 2 heterocycles. The Morgan fingerprint density at radius 1 is 1.22 bits per heavy atom. The van der Waals surface area contributed by atoms with Crippen molar-refractivity contribution >= 4 is 17.5 Å². The Bertz CT molecular complexity index is 856. The number of amides is 2. The van der Waals surface area contributed by atoms with Crippen LogP contribution >= 0.6 is 0 Å². The third-order valence-electron chi connectivity index (χ3n) is 5.36. The van der Waals surface area contributed by atoms with Crippen LogP contribution < -0.4 is 10.2 Å². The largest absolute Gasteiger partial charge is 0.354 e. The molecule has 6 nitrogen and oxygen atoms in total. The second kappa shape index (κ2) is 7.94. The number of benzene rings is 1. The second-order valence-corrected chi connectivity index (χ2v) is 6.97. The lowest BCUT2D eigenvalue weighted by Crippen LogP contribution is -2.48. The molecule has 1 aliphatic heterocycles. The van der Waals surface area contributed by atoms with Crippen molar-refractivity contribution in [2.24, 2.45) is 0 Å². The predicted molar refractivity (Wildman–Crippen MR) is 106 cm³/mol. The van der Waals surface area contributed by atoms with E-state index in [0.29, 0.717) is 19.4 Å². The minimum absolute atomic E-state index is 0.0176. The van der Waals surface area contributed by atoms with Gasteiger partial charge in [0.25, 0.3) is 0 Å². The van der Waals surface area contributed by atoms with Gasteiger partial charge in [-0.05, 0) is 44.4 Å². The molecule has 1 atom stereocenters. The molecule has 6 heteroatoms. The first-order valence-electron chi connectivity index (χ1n) is 9.68. The summed E-state index contributed by atoms with van der Waals surface area (Å²) in [4.78, 5) is 27.0. The van der Waals surface area contributed by atoms with Gasteiger partial charge in [0.05, 0.1) is 5.69 Å². The Labute approximate surface area is 160 Å². The first kappa shape index (κ1) is 19.1. The summed E-state index contributed by atoms with van der Waals surface area (Å²) < 4.78 is 1.99. The summed E-state index contributed by atoms with van der Waals surface area (Å²) in [5.41, 5.74) is 5.27. The lowest BCUT2D eigenvalue weighted by Gasteiger charge is -2.24. The van der Waals surface area contributed by atoms with Gasteiger partial charge in [-0.1, -0.05) is 25.1 Å². The molecule has 0 fully saturated rings. The summed E-state index contributed by atoms with van der Waals surface area (Å²) in [6.45, 7) is 9.35. The molecule has 144 valence electrons. The molecule has 0 aliphatic carbocycles. The van der Waals surface area contributed by atoms with Crippen molar-refractivity contribution in [3.05, 3.63) is 46.8 Å². The molecule has 0 saturated heterocycles. The molecule has 2 aromatic rings. The van der Waals surface area contributed by atoms with Gasteiger partial charge in [0.1, 0.15) is 6.04 Å². The first-order valence-corrected chi connectivity index (χ1v) is 9.68. The van der Waals surface area contributed by atoms with E-state index in [9.17, 15) is 9.59 Å². The smallest absolute Gasteiger partial charge is 0.243 e. The van der Waals surface area contributed by atoms with Crippen LogP contribution in [0.2, 0.25) is 0 Å². The van der Waals surface area contributed by atoms with Crippen molar-refractivity contribution in [1.29, 1.82) is 0 Å². The minimum Gasteiger partial charge on any atom is -0.354 e. The molecule has 3 rings (SSSR count). The van der Waals surface area contributed by atoms with Gasteiger partial charge in [0.15, 0.2) is 0 Å². The number of aryl methyl sites for hydroxylation is 2. The molecule has 0 radical (unpaired) electrons. The summed E-state index contributed by atoms with van der Waals surface area (Å²) in [6.07, 6.45) is 1.69. The molecular formula is C21H28N4O2. The SMILES string of the molecule is CCC(=O)N1c2ccccc2CC1C(=O)NCCc1c(C)nn(CC)c1C. The summed E-state index contributed by atoms with van der Waals surface area (Å²) >= 11 is 0. The lowest BCUT2D eigenvalue weighted by atomic mass is 10.1. The summed E-state index contributed by atoms with van der Waals surface area (Å²) in [7, 11) is 0. The van der Waals surface area contributed by atoms with Crippen molar-refractivity contribution in [3.8, 4) is 0 Å². The van der Waals surface area contributed by atoms with Gasteiger partial charge in [-0.15, -0.1) is 0 Å². The van der Waals surface area contributed by atoms with Crippen LogP contribution in [0.3, 0.4) is 0 Å². The van der Waals surface area contributed by atoms with Gasteiger partial charge in [0.2, 0.25) is 11.8 Å². The fourth-order valence-corrected chi connectivity index (χ4v) is 3.91. The van der Waals surface area contributed by atoms with Gasteiger partial charge in [-0.3, -0.25) is 19.2 Å². The Hall–Kier alpha value is -2.63. The average Bonchev–Trinajstić information content (AvgIpc) is 3.19. The Kier molecular flexibility index (Phi) is 5.63. The quantitative estimate of drug-likeness (QED) is 0.852. The van der Waals surface area contributed by atoms with Gasteiger partial charge in [0, 0.05) is 37.3 Å². The maximum absolute atomic E-state index is 12.8. The van der Waals surface area contributed by atoms with Crippen LogP contribution in [0, 0.1) is 13.8 Å². The van der Waals surface area contributed by atoms with Gasteiger partial charge < -0.3 is 5.32 Å². The molecule has 0 saturated carbocycles. The molecule has 1 aromatic carbocycles. The minimum atomic E-state index is -0.463. The first-order chi connectivity index (χ1) is 13.0. The number of carbonyl (C=O) groups is 2. The number of rotatable bonds is 6. The topological polar surface area (TPSA) is 67.2 Å². The van der Waals surface area contributed by atoms with E-state index in [-0.39, 0.29) is 11.8 Å². The van der Waals surface area contributed by atoms with Gasteiger partial charge in [-0.2, -0.15) is 5.10 Å². The summed E-state index contributed by atoms with van der Waals surface area (Å²) in [6, 6.07) is 7.30. The van der Waals surface area contributed by atoms with Crippen LogP contribution in [0.15, 0.2) is 24.3 Å². The fraction of sp³-hybridized carbons (Fsp3) is 0.476. The maximum atomic E-state index is 12.8. The van der Waals surface area contributed by atoms with Crippen LogP contribution in [0.1, 0.15) is 42.8 Å². The number of nitrogens with one attached hydrogen (secondary N) is 1. The van der Waals surface area contributed by atoms with E-state index in [4.69, 9.17) is 0 Å². The summed E-state index contributed by atoms with van der Waals surface area (Å²) in [5, 5.41) is 7.56. The van der Waals surface area contributed by atoms with Gasteiger partial charge >= 0.3 is 0 Å². The predicted octanol–water partition coefficient (Wildman–Crippen LogP) is 2.55. The highest BCUT2D eigenvalue weighted by Gasteiger charge is 2.37. The van der Waals surface area contributed by atoms with E-state index < -0.39 is 6.04 Å². The van der Waals surface area contributed by atoms with Crippen LogP contribution in [-0.2, 0) is 29.0 Å². The van der Waals surface area contributed by atoms with Crippen molar-refractivity contribution in [3.63, 3.8) is 0 Å². The average molecular weight is 368 g/mol. The highest BCUT2D eigenvalue weighted by molar-refractivity contribution is 6.03. The lowest BCUT2D eigenvalue weighted by molar-refractivity contribution is -0.126. The van der Waals surface area contributed by atoms with Crippen LogP contribution in [-0.4, -0.2) is 34.2 Å². The van der Waals surface area contributed by atoms with Crippen LogP contribution in [0.4, 0.5) is 5.69 Å². The van der Waals surface area contributed by atoms with E-state index in [1.165, 1.54) is 5.56 Å². The number of anilines is 1. The fourth-order valence-electron chi connectivity index (χ4n) is 3.91. The number of fused-ring (bicyclic) bond motifs is 1. The Balaban J connectivity index is 1.68. The number of para-hydroxylation sites is 1. The van der Waals surface area contributed by atoms with E-state index in [0.717, 1.165) is 35.6 Å². The molecule has 27 heavy (non-hydrogen) atoms. The van der Waals surface area contributed by atoms with Crippen molar-refractivity contribution in [2.75, 3.05) is 11.4 Å². The highest BCUT2D eigenvalue weighted by atomic mass is 16.2. The van der Waals surface area contributed by atoms with E-state index in [1.807, 2.05) is 42.8 Å². The normalized spacial score (nSPS) is 15.7. The van der Waals surface area contributed by atoms with Crippen molar-refractivity contribution < 1.29 is 9.59 Å². The number of hydrogen-bond donors (Lipinski definition) is 1. The Morgan fingerprint density at radius 2 is 1.96 bits per heavy atom. The van der Waals surface area contributed by atoms with Crippen LogP contribution in [0.5, 0.6) is 0 Å². The highest BCUT2D eigenvalue weighted by Crippen LogP contribution is 2.32. The van der Waals surface area contributed by atoms with Crippen molar-refractivity contribution in [1.82, 2.24) is 15.1 Å².